The number of benzene rings is 1. The molecule has 0 saturated carbocycles. The van der Waals surface area contributed by atoms with E-state index in [0.29, 0.717) is 6.04 Å². The largest absolute Gasteiger partial charge is 0.464 e. The minimum Gasteiger partial charge on any atom is -0.464 e. The van der Waals surface area contributed by atoms with Crippen molar-refractivity contribution in [3.63, 3.8) is 0 Å². The lowest BCUT2D eigenvalue weighted by atomic mass is 10.0. The monoisotopic (exact) mass is 217 g/mol. The molecule has 0 amide bonds. The summed E-state index contributed by atoms with van der Waals surface area (Å²) in [7, 11) is 0. The van der Waals surface area contributed by atoms with Gasteiger partial charge in [0.25, 0.3) is 0 Å². The number of rotatable bonds is 3. The first-order chi connectivity index (χ1) is 7.58. The van der Waals surface area contributed by atoms with Gasteiger partial charge in [-0.15, -0.1) is 0 Å². The number of aryl methyl sites for hydroxylation is 2. The van der Waals surface area contributed by atoms with Gasteiger partial charge in [0.1, 0.15) is 5.58 Å². The summed E-state index contributed by atoms with van der Waals surface area (Å²) < 4.78 is 5.60. The first kappa shape index (κ1) is 11.2. The van der Waals surface area contributed by atoms with Crippen LogP contribution in [0.3, 0.4) is 0 Å². The first-order valence-electron chi connectivity index (χ1n) is 5.78. The molecule has 0 unspecified atom stereocenters. The van der Waals surface area contributed by atoms with Crippen LogP contribution in [-0.2, 0) is 6.54 Å². The van der Waals surface area contributed by atoms with Gasteiger partial charge < -0.3 is 9.73 Å². The summed E-state index contributed by atoms with van der Waals surface area (Å²) in [6, 6.07) is 4.80. The van der Waals surface area contributed by atoms with Crippen molar-refractivity contribution in [3.05, 3.63) is 35.1 Å². The normalized spacial score (nSPS) is 11.6. The molecular formula is C14H19NO. The Morgan fingerprint density at radius 3 is 2.69 bits per heavy atom. The highest BCUT2D eigenvalue weighted by Gasteiger charge is 2.09. The van der Waals surface area contributed by atoms with Crippen molar-refractivity contribution < 1.29 is 4.42 Å². The zero-order valence-corrected chi connectivity index (χ0v) is 10.4. The van der Waals surface area contributed by atoms with Crippen molar-refractivity contribution in [2.45, 2.75) is 40.3 Å². The summed E-state index contributed by atoms with van der Waals surface area (Å²) in [6.45, 7) is 9.41. The van der Waals surface area contributed by atoms with E-state index in [1.54, 1.807) is 0 Å². The van der Waals surface area contributed by atoms with Gasteiger partial charge in [-0.25, -0.2) is 0 Å². The second kappa shape index (κ2) is 4.30. The standard InChI is InChI=1S/C14H19NO/c1-9(2)15-7-12-8-16-13-6-10(3)5-11(4)14(12)13/h5-6,8-9,15H,7H2,1-4H3. The van der Waals surface area contributed by atoms with Crippen LogP contribution in [0.25, 0.3) is 11.0 Å². The van der Waals surface area contributed by atoms with Crippen LogP contribution in [0.1, 0.15) is 30.5 Å². The van der Waals surface area contributed by atoms with Gasteiger partial charge >= 0.3 is 0 Å². The Labute approximate surface area is 96.6 Å². The third kappa shape index (κ3) is 2.12. The molecule has 86 valence electrons. The number of nitrogens with one attached hydrogen (secondary N) is 1. The van der Waals surface area contributed by atoms with E-state index in [-0.39, 0.29) is 0 Å². The minimum absolute atomic E-state index is 0.496. The molecule has 0 atom stereocenters. The maximum atomic E-state index is 5.60. The predicted molar refractivity (Wildman–Crippen MR) is 67.7 cm³/mol. The van der Waals surface area contributed by atoms with Crippen LogP contribution in [-0.4, -0.2) is 6.04 Å². The Kier molecular flexibility index (Phi) is 3.01. The molecule has 1 heterocycles. The second-order valence-corrected chi connectivity index (χ2v) is 4.75. The van der Waals surface area contributed by atoms with Crippen LogP contribution in [0.5, 0.6) is 0 Å². The van der Waals surface area contributed by atoms with E-state index in [0.717, 1.165) is 12.1 Å². The van der Waals surface area contributed by atoms with Crippen molar-refractivity contribution >= 4 is 11.0 Å². The van der Waals surface area contributed by atoms with E-state index in [1.165, 1.54) is 22.1 Å². The number of furan rings is 1. The van der Waals surface area contributed by atoms with E-state index < -0.39 is 0 Å². The maximum Gasteiger partial charge on any atom is 0.134 e. The van der Waals surface area contributed by atoms with E-state index in [1.807, 2.05) is 6.26 Å². The van der Waals surface area contributed by atoms with Gasteiger partial charge in [0, 0.05) is 23.5 Å². The van der Waals surface area contributed by atoms with Crippen molar-refractivity contribution in [1.29, 1.82) is 0 Å². The maximum absolute atomic E-state index is 5.60. The topological polar surface area (TPSA) is 25.2 Å². The molecule has 1 aromatic carbocycles. The predicted octanol–water partition coefficient (Wildman–Crippen LogP) is 3.55. The van der Waals surface area contributed by atoms with Crippen LogP contribution in [0.4, 0.5) is 0 Å². The van der Waals surface area contributed by atoms with Crippen molar-refractivity contribution in [3.8, 4) is 0 Å². The highest BCUT2D eigenvalue weighted by Crippen LogP contribution is 2.26. The molecule has 2 aromatic rings. The Balaban J connectivity index is 2.40. The van der Waals surface area contributed by atoms with E-state index in [2.05, 4.69) is 45.1 Å². The zero-order chi connectivity index (χ0) is 11.7. The highest BCUT2D eigenvalue weighted by molar-refractivity contribution is 5.85. The molecule has 0 radical (unpaired) electrons. The number of hydrogen-bond donors (Lipinski definition) is 1. The summed E-state index contributed by atoms with van der Waals surface area (Å²) in [5.41, 5.74) is 4.80. The van der Waals surface area contributed by atoms with Crippen LogP contribution >= 0.6 is 0 Å². The van der Waals surface area contributed by atoms with Crippen LogP contribution in [0.2, 0.25) is 0 Å². The summed E-state index contributed by atoms with van der Waals surface area (Å²) >= 11 is 0. The molecule has 2 heteroatoms. The Morgan fingerprint density at radius 1 is 1.25 bits per heavy atom. The summed E-state index contributed by atoms with van der Waals surface area (Å²) in [5, 5.41) is 4.68. The molecule has 2 rings (SSSR count). The van der Waals surface area contributed by atoms with Crippen molar-refractivity contribution in [2.24, 2.45) is 0 Å². The quantitative estimate of drug-likeness (QED) is 0.850. The molecule has 0 aliphatic rings. The minimum atomic E-state index is 0.496. The van der Waals surface area contributed by atoms with Gasteiger partial charge in [0.15, 0.2) is 0 Å². The molecule has 0 aliphatic heterocycles. The van der Waals surface area contributed by atoms with Crippen LogP contribution < -0.4 is 5.32 Å². The lowest BCUT2D eigenvalue weighted by Crippen LogP contribution is -2.21. The molecule has 16 heavy (non-hydrogen) atoms. The van der Waals surface area contributed by atoms with Crippen molar-refractivity contribution in [1.82, 2.24) is 5.32 Å². The van der Waals surface area contributed by atoms with Gasteiger partial charge in [-0.2, -0.15) is 0 Å². The van der Waals surface area contributed by atoms with Gasteiger partial charge in [0.2, 0.25) is 0 Å². The Bertz CT molecular complexity index is 497. The van der Waals surface area contributed by atoms with Crippen molar-refractivity contribution in [2.75, 3.05) is 0 Å². The molecule has 1 aromatic heterocycles. The smallest absolute Gasteiger partial charge is 0.134 e. The zero-order valence-electron chi connectivity index (χ0n) is 10.4. The fourth-order valence-electron chi connectivity index (χ4n) is 2.07. The summed E-state index contributed by atoms with van der Waals surface area (Å²) in [4.78, 5) is 0. The van der Waals surface area contributed by atoms with E-state index in [9.17, 15) is 0 Å². The van der Waals surface area contributed by atoms with Gasteiger partial charge in [0.05, 0.1) is 6.26 Å². The number of hydrogen-bond acceptors (Lipinski definition) is 2. The van der Waals surface area contributed by atoms with E-state index >= 15 is 0 Å². The lowest BCUT2D eigenvalue weighted by molar-refractivity contribution is 0.572. The molecule has 0 bridgehead atoms. The van der Waals surface area contributed by atoms with Gasteiger partial charge in [-0.1, -0.05) is 19.9 Å². The SMILES string of the molecule is Cc1cc(C)c2c(CNC(C)C)coc2c1. The van der Waals surface area contributed by atoms with E-state index in [4.69, 9.17) is 4.42 Å². The first-order valence-corrected chi connectivity index (χ1v) is 5.78. The second-order valence-electron chi connectivity index (χ2n) is 4.75. The Hall–Kier alpha value is -1.28. The molecular weight excluding hydrogens is 198 g/mol. The fourth-order valence-corrected chi connectivity index (χ4v) is 2.07. The molecule has 0 aliphatic carbocycles. The highest BCUT2D eigenvalue weighted by atomic mass is 16.3. The lowest BCUT2D eigenvalue weighted by Gasteiger charge is -2.07. The van der Waals surface area contributed by atoms with Crippen LogP contribution in [0.15, 0.2) is 22.8 Å². The van der Waals surface area contributed by atoms with Gasteiger partial charge in [-0.05, 0) is 31.0 Å². The molecule has 0 saturated heterocycles. The fraction of sp³-hybridized carbons (Fsp3) is 0.429. The third-order valence-electron chi connectivity index (χ3n) is 2.79. The molecule has 2 nitrogen and oxygen atoms in total. The van der Waals surface area contributed by atoms with Crippen LogP contribution in [0, 0.1) is 13.8 Å². The number of fused-ring (bicyclic) bond motifs is 1. The Morgan fingerprint density at radius 2 is 2.00 bits per heavy atom. The summed E-state index contributed by atoms with van der Waals surface area (Å²) in [6.07, 6.45) is 1.87. The average molecular weight is 217 g/mol. The molecule has 0 fully saturated rings. The molecule has 0 spiro atoms. The van der Waals surface area contributed by atoms with Gasteiger partial charge in [-0.3, -0.25) is 0 Å². The third-order valence-corrected chi connectivity index (χ3v) is 2.79. The average Bonchev–Trinajstić information content (AvgIpc) is 2.57. The molecule has 1 N–H and O–H groups in total. The summed E-state index contributed by atoms with van der Waals surface area (Å²) in [5.74, 6) is 0.